The van der Waals surface area contributed by atoms with Gasteiger partial charge in [0.2, 0.25) is 0 Å². The number of rotatable bonds is 6. The molecule has 1 amide bonds. The Morgan fingerprint density at radius 2 is 2.21 bits per heavy atom. The van der Waals surface area contributed by atoms with E-state index in [4.69, 9.17) is 32.7 Å². The lowest BCUT2D eigenvalue weighted by molar-refractivity contribution is -0.127. The lowest BCUT2D eigenvalue weighted by Gasteiger charge is -2.32. The van der Waals surface area contributed by atoms with E-state index in [1.54, 1.807) is 31.3 Å². The lowest BCUT2D eigenvalue weighted by atomic mass is 10.2. The van der Waals surface area contributed by atoms with Crippen molar-refractivity contribution in [1.82, 2.24) is 10.3 Å². The van der Waals surface area contributed by atoms with Crippen molar-refractivity contribution in [2.24, 2.45) is 0 Å². The number of nitrogens with zero attached hydrogens (tertiary/aromatic N) is 2. The summed E-state index contributed by atoms with van der Waals surface area (Å²) in [6.45, 7) is 6.45. The maximum Gasteiger partial charge on any atom is 0.261 e. The maximum atomic E-state index is 12.3. The number of amides is 1. The summed E-state index contributed by atoms with van der Waals surface area (Å²) >= 11 is 11.9. The number of pyridine rings is 1. The number of hydrogen-bond donors (Lipinski definition) is 1. The number of aromatic nitrogens is 1. The quantitative estimate of drug-likeness (QED) is 0.767. The standard InChI is InChI=1S/C20H23Cl2N3O3/c1-13-12-25(7-8-27-13)19-6-3-15(10-23-19)11-24-20(26)14(2)28-18-5-4-16(21)9-17(18)22/h3-6,9-10,13-14H,7-8,11-12H2,1-2H3,(H,24,26). The van der Waals surface area contributed by atoms with Crippen molar-refractivity contribution in [3.05, 3.63) is 52.1 Å². The van der Waals surface area contributed by atoms with Crippen LogP contribution in [0.3, 0.4) is 0 Å². The summed E-state index contributed by atoms with van der Waals surface area (Å²) in [4.78, 5) is 19.0. The Bertz CT molecular complexity index is 817. The molecule has 6 nitrogen and oxygen atoms in total. The van der Waals surface area contributed by atoms with Crippen molar-refractivity contribution >= 4 is 34.9 Å². The van der Waals surface area contributed by atoms with Crippen LogP contribution in [0, 0.1) is 0 Å². The van der Waals surface area contributed by atoms with Crippen LogP contribution in [-0.2, 0) is 16.1 Å². The van der Waals surface area contributed by atoms with E-state index in [0.29, 0.717) is 28.9 Å². The molecule has 1 N–H and O–H groups in total. The normalized spacial score (nSPS) is 17.9. The van der Waals surface area contributed by atoms with E-state index in [-0.39, 0.29) is 12.0 Å². The van der Waals surface area contributed by atoms with Gasteiger partial charge in [0.15, 0.2) is 6.10 Å². The van der Waals surface area contributed by atoms with Gasteiger partial charge in [-0.2, -0.15) is 0 Å². The van der Waals surface area contributed by atoms with Gasteiger partial charge in [0, 0.05) is 30.9 Å². The average molecular weight is 424 g/mol. The molecule has 0 radical (unpaired) electrons. The van der Waals surface area contributed by atoms with Crippen LogP contribution in [-0.4, -0.2) is 42.8 Å². The van der Waals surface area contributed by atoms with Crippen LogP contribution >= 0.6 is 23.2 Å². The minimum atomic E-state index is -0.694. The van der Waals surface area contributed by atoms with Gasteiger partial charge in [0.25, 0.3) is 5.91 Å². The predicted octanol–water partition coefficient (Wildman–Crippen LogP) is 3.70. The highest BCUT2D eigenvalue weighted by Crippen LogP contribution is 2.28. The number of carbonyl (C=O) groups is 1. The zero-order valence-electron chi connectivity index (χ0n) is 15.8. The van der Waals surface area contributed by atoms with Gasteiger partial charge in [-0.3, -0.25) is 4.79 Å². The van der Waals surface area contributed by atoms with Crippen LogP contribution in [0.2, 0.25) is 10.0 Å². The number of halogens is 2. The molecule has 2 atom stereocenters. The summed E-state index contributed by atoms with van der Waals surface area (Å²) in [7, 11) is 0. The van der Waals surface area contributed by atoms with E-state index >= 15 is 0 Å². The van der Waals surface area contributed by atoms with Gasteiger partial charge >= 0.3 is 0 Å². The fourth-order valence-electron chi connectivity index (χ4n) is 2.88. The monoisotopic (exact) mass is 423 g/mol. The highest BCUT2D eigenvalue weighted by atomic mass is 35.5. The Labute approximate surface area is 174 Å². The molecule has 8 heteroatoms. The second-order valence-electron chi connectivity index (χ2n) is 6.70. The molecule has 150 valence electrons. The summed E-state index contributed by atoms with van der Waals surface area (Å²) in [5, 5.41) is 3.73. The van der Waals surface area contributed by atoms with E-state index in [1.165, 1.54) is 0 Å². The Morgan fingerprint density at radius 1 is 1.39 bits per heavy atom. The molecular weight excluding hydrogens is 401 g/mol. The van der Waals surface area contributed by atoms with Gasteiger partial charge in [-0.15, -0.1) is 0 Å². The third-order valence-corrected chi connectivity index (χ3v) is 4.94. The third-order valence-electron chi connectivity index (χ3n) is 4.41. The summed E-state index contributed by atoms with van der Waals surface area (Å²) in [5.74, 6) is 1.09. The van der Waals surface area contributed by atoms with Crippen LogP contribution in [0.25, 0.3) is 0 Å². The molecule has 1 aromatic carbocycles. The van der Waals surface area contributed by atoms with Gasteiger partial charge < -0.3 is 19.7 Å². The highest BCUT2D eigenvalue weighted by Gasteiger charge is 2.18. The van der Waals surface area contributed by atoms with Gasteiger partial charge in [0.1, 0.15) is 11.6 Å². The van der Waals surface area contributed by atoms with E-state index in [2.05, 4.69) is 22.1 Å². The smallest absolute Gasteiger partial charge is 0.261 e. The first-order valence-electron chi connectivity index (χ1n) is 9.13. The molecule has 0 bridgehead atoms. The molecule has 28 heavy (non-hydrogen) atoms. The van der Waals surface area contributed by atoms with Gasteiger partial charge in [-0.05, 0) is 43.7 Å². The van der Waals surface area contributed by atoms with Crippen LogP contribution in [0.5, 0.6) is 5.75 Å². The number of nitrogens with one attached hydrogen (secondary N) is 1. The summed E-state index contributed by atoms with van der Waals surface area (Å²) in [6, 6.07) is 8.81. The number of benzene rings is 1. The van der Waals surface area contributed by atoms with Gasteiger partial charge in [-0.1, -0.05) is 29.3 Å². The van der Waals surface area contributed by atoms with Crippen LogP contribution in [0.4, 0.5) is 5.82 Å². The molecule has 2 unspecified atom stereocenters. The number of ether oxygens (including phenoxy) is 2. The predicted molar refractivity (Wildman–Crippen MR) is 110 cm³/mol. The fourth-order valence-corrected chi connectivity index (χ4v) is 3.34. The third kappa shape index (κ3) is 5.50. The molecule has 1 aliphatic heterocycles. The molecule has 2 heterocycles. The van der Waals surface area contributed by atoms with Crippen LogP contribution < -0.4 is 15.0 Å². The molecule has 0 aliphatic carbocycles. The second kappa shape index (κ2) is 9.45. The van der Waals surface area contributed by atoms with E-state index < -0.39 is 6.10 Å². The Hall–Kier alpha value is -2.02. The second-order valence-corrected chi connectivity index (χ2v) is 7.55. The topological polar surface area (TPSA) is 63.7 Å². The van der Waals surface area contributed by atoms with Crippen LogP contribution in [0.1, 0.15) is 19.4 Å². The van der Waals surface area contributed by atoms with Crippen molar-refractivity contribution in [1.29, 1.82) is 0 Å². The molecular formula is C20H23Cl2N3O3. The maximum absolute atomic E-state index is 12.3. The summed E-state index contributed by atoms with van der Waals surface area (Å²) in [6.07, 6.45) is 1.28. The molecule has 0 saturated carbocycles. The number of morpholine rings is 1. The van der Waals surface area contributed by atoms with Crippen LogP contribution in [0.15, 0.2) is 36.5 Å². The summed E-state index contributed by atoms with van der Waals surface area (Å²) < 4.78 is 11.2. The molecule has 3 rings (SSSR count). The van der Waals surface area contributed by atoms with Gasteiger partial charge in [-0.25, -0.2) is 4.98 Å². The first-order valence-corrected chi connectivity index (χ1v) is 9.89. The van der Waals surface area contributed by atoms with Crippen molar-refractivity contribution in [2.75, 3.05) is 24.6 Å². The van der Waals surface area contributed by atoms with Crippen molar-refractivity contribution in [2.45, 2.75) is 32.6 Å². The van der Waals surface area contributed by atoms with Crippen molar-refractivity contribution in [3.8, 4) is 5.75 Å². The van der Waals surface area contributed by atoms with E-state index in [9.17, 15) is 4.79 Å². The molecule has 1 saturated heterocycles. The molecule has 1 fully saturated rings. The Balaban J connectivity index is 1.51. The largest absolute Gasteiger partial charge is 0.479 e. The molecule has 2 aromatic rings. The van der Waals surface area contributed by atoms with E-state index in [1.807, 2.05) is 12.1 Å². The number of anilines is 1. The molecule has 1 aliphatic rings. The zero-order valence-corrected chi connectivity index (χ0v) is 17.3. The SMILES string of the molecule is CC1CN(c2ccc(CNC(=O)C(C)Oc3ccc(Cl)cc3Cl)cn2)CCO1. The minimum Gasteiger partial charge on any atom is -0.479 e. The fraction of sp³-hybridized carbons (Fsp3) is 0.400. The number of carbonyl (C=O) groups excluding carboxylic acids is 1. The molecule has 1 aromatic heterocycles. The first-order chi connectivity index (χ1) is 13.4. The van der Waals surface area contributed by atoms with Crippen molar-refractivity contribution in [3.63, 3.8) is 0 Å². The summed E-state index contributed by atoms with van der Waals surface area (Å²) in [5.41, 5.74) is 0.912. The number of hydrogen-bond acceptors (Lipinski definition) is 5. The lowest BCUT2D eigenvalue weighted by Crippen LogP contribution is -2.41. The van der Waals surface area contributed by atoms with Crippen molar-refractivity contribution < 1.29 is 14.3 Å². The zero-order chi connectivity index (χ0) is 20.1. The minimum absolute atomic E-state index is 0.199. The highest BCUT2D eigenvalue weighted by molar-refractivity contribution is 6.35. The average Bonchev–Trinajstić information content (AvgIpc) is 2.68. The molecule has 0 spiro atoms. The van der Waals surface area contributed by atoms with E-state index in [0.717, 1.165) is 24.5 Å². The first kappa shape index (κ1) is 20.7. The Kier molecular flexibility index (Phi) is 6.99. The Morgan fingerprint density at radius 3 is 2.89 bits per heavy atom. The van der Waals surface area contributed by atoms with Gasteiger partial charge in [0.05, 0.1) is 17.7 Å².